The average Bonchev–Trinajstić information content (AvgIpc) is 2.16. The number of aliphatic hydroxyl groups is 1. The molecule has 1 aliphatic carbocycles. The van der Waals surface area contributed by atoms with Crippen LogP contribution >= 0.6 is 0 Å². The van der Waals surface area contributed by atoms with Crippen molar-refractivity contribution in [3.05, 3.63) is 0 Å². The van der Waals surface area contributed by atoms with Gasteiger partial charge in [0.25, 0.3) is 0 Å². The lowest BCUT2D eigenvalue weighted by Gasteiger charge is -2.30. The quantitative estimate of drug-likeness (QED) is 0.775. The van der Waals surface area contributed by atoms with Gasteiger partial charge in [-0.3, -0.25) is 0 Å². The first-order valence-corrected chi connectivity index (χ1v) is 6.82. The third-order valence-corrected chi connectivity index (χ3v) is 3.65. The lowest BCUT2D eigenvalue weighted by molar-refractivity contribution is 0.0951. The fourth-order valence-corrected chi connectivity index (χ4v) is 2.86. The van der Waals surface area contributed by atoms with Crippen molar-refractivity contribution in [2.24, 2.45) is 17.1 Å². The molecule has 0 aromatic rings. The summed E-state index contributed by atoms with van der Waals surface area (Å²) in [5.74, 6) is 0.656. The molecule has 0 amide bonds. The van der Waals surface area contributed by atoms with E-state index in [4.69, 9.17) is 5.73 Å². The van der Waals surface area contributed by atoms with E-state index in [9.17, 15) is 5.11 Å². The molecule has 1 rings (SSSR count). The van der Waals surface area contributed by atoms with Crippen molar-refractivity contribution in [1.82, 2.24) is 0 Å². The maximum atomic E-state index is 10.0. The standard InChI is InChI=1S/C14H29NO/c1-14(2,3)10-12(16)9-13(15)11-7-5-4-6-8-11/h11-13,16H,4-10,15H2,1-3H3. The Hall–Kier alpha value is -0.0800. The topological polar surface area (TPSA) is 46.2 Å². The molecule has 2 heteroatoms. The molecule has 1 saturated carbocycles. The molecular weight excluding hydrogens is 198 g/mol. The summed E-state index contributed by atoms with van der Waals surface area (Å²) in [5.41, 5.74) is 6.41. The zero-order valence-corrected chi connectivity index (χ0v) is 11.2. The molecular formula is C14H29NO. The van der Waals surface area contributed by atoms with Gasteiger partial charge in [-0.05, 0) is 37.0 Å². The van der Waals surface area contributed by atoms with Gasteiger partial charge in [0.2, 0.25) is 0 Å². The van der Waals surface area contributed by atoms with Crippen molar-refractivity contribution in [3.63, 3.8) is 0 Å². The summed E-state index contributed by atoms with van der Waals surface area (Å²) >= 11 is 0. The monoisotopic (exact) mass is 227 g/mol. The van der Waals surface area contributed by atoms with E-state index in [0.29, 0.717) is 5.92 Å². The highest BCUT2D eigenvalue weighted by Gasteiger charge is 2.24. The number of rotatable bonds is 4. The molecule has 1 fully saturated rings. The van der Waals surface area contributed by atoms with Crippen molar-refractivity contribution < 1.29 is 5.11 Å². The number of nitrogens with two attached hydrogens (primary N) is 1. The summed E-state index contributed by atoms with van der Waals surface area (Å²) < 4.78 is 0. The average molecular weight is 227 g/mol. The molecule has 2 atom stereocenters. The largest absolute Gasteiger partial charge is 0.393 e. The van der Waals surface area contributed by atoms with Crippen LogP contribution in [0.3, 0.4) is 0 Å². The minimum absolute atomic E-state index is 0.200. The summed E-state index contributed by atoms with van der Waals surface area (Å²) in [7, 11) is 0. The Kier molecular flexibility index (Phi) is 5.26. The van der Waals surface area contributed by atoms with Gasteiger partial charge in [0.05, 0.1) is 6.10 Å². The Labute approximate surface area is 101 Å². The molecule has 0 aliphatic heterocycles. The van der Waals surface area contributed by atoms with E-state index < -0.39 is 0 Å². The van der Waals surface area contributed by atoms with Crippen molar-refractivity contribution in [1.29, 1.82) is 0 Å². The molecule has 2 nitrogen and oxygen atoms in total. The zero-order chi connectivity index (χ0) is 12.2. The fourth-order valence-electron chi connectivity index (χ4n) is 2.86. The lowest BCUT2D eigenvalue weighted by atomic mass is 9.80. The van der Waals surface area contributed by atoms with E-state index in [1.807, 2.05) is 0 Å². The van der Waals surface area contributed by atoms with E-state index in [2.05, 4.69) is 20.8 Å². The van der Waals surface area contributed by atoms with Gasteiger partial charge in [-0.1, -0.05) is 40.0 Å². The smallest absolute Gasteiger partial charge is 0.0560 e. The molecule has 2 unspecified atom stereocenters. The summed E-state index contributed by atoms with van der Waals surface area (Å²) in [6.45, 7) is 6.51. The molecule has 0 heterocycles. The Morgan fingerprint density at radius 1 is 1.19 bits per heavy atom. The van der Waals surface area contributed by atoms with E-state index in [-0.39, 0.29) is 17.6 Å². The highest BCUT2D eigenvalue weighted by Crippen LogP contribution is 2.29. The molecule has 0 aromatic heterocycles. The third-order valence-electron chi connectivity index (χ3n) is 3.65. The van der Waals surface area contributed by atoms with Gasteiger partial charge in [0, 0.05) is 6.04 Å². The molecule has 0 spiro atoms. The second-order valence-electron chi connectivity index (χ2n) is 6.72. The van der Waals surface area contributed by atoms with E-state index >= 15 is 0 Å². The van der Waals surface area contributed by atoms with Gasteiger partial charge in [0.1, 0.15) is 0 Å². The summed E-state index contributed by atoms with van der Waals surface area (Å²) in [6.07, 6.45) is 7.97. The maximum Gasteiger partial charge on any atom is 0.0560 e. The van der Waals surface area contributed by atoms with E-state index in [1.165, 1.54) is 32.1 Å². The Balaban J connectivity index is 2.29. The molecule has 96 valence electrons. The van der Waals surface area contributed by atoms with Gasteiger partial charge < -0.3 is 10.8 Å². The van der Waals surface area contributed by atoms with Crippen LogP contribution in [0.5, 0.6) is 0 Å². The van der Waals surface area contributed by atoms with Crippen molar-refractivity contribution in [3.8, 4) is 0 Å². The molecule has 0 radical (unpaired) electrons. The van der Waals surface area contributed by atoms with Crippen LogP contribution in [-0.2, 0) is 0 Å². The maximum absolute atomic E-state index is 10.0. The van der Waals surface area contributed by atoms with Crippen molar-refractivity contribution in [2.75, 3.05) is 0 Å². The first-order chi connectivity index (χ1) is 7.38. The van der Waals surface area contributed by atoms with Crippen molar-refractivity contribution >= 4 is 0 Å². The van der Waals surface area contributed by atoms with Crippen LogP contribution in [0.4, 0.5) is 0 Å². The summed E-state index contributed by atoms with van der Waals surface area (Å²) in [5, 5.41) is 10.0. The van der Waals surface area contributed by atoms with Crippen LogP contribution in [0.25, 0.3) is 0 Å². The Morgan fingerprint density at radius 2 is 1.75 bits per heavy atom. The minimum atomic E-state index is -0.225. The Morgan fingerprint density at radius 3 is 2.25 bits per heavy atom. The molecule has 0 saturated heterocycles. The Bertz CT molecular complexity index is 191. The van der Waals surface area contributed by atoms with Gasteiger partial charge in [-0.25, -0.2) is 0 Å². The SMILES string of the molecule is CC(C)(C)CC(O)CC(N)C1CCCCC1. The van der Waals surface area contributed by atoms with Crippen LogP contribution in [0.1, 0.15) is 65.7 Å². The van der Waals surface area contributed by atoms with Crippen LogP contribution in [0.2, 0.25) is 0 Å². The van der Waals surface area contributed by atoms with Gasteiger partial charge in [-0.15, -0.1) is 0 Å². The normalized spacial score (nSPS) is 23.1. The minimum Gasteiger partial charge on any atom is -0.393 e. The van der Waals surface area contributed by atoms with E-state index in [0.717, 1.165) is 12.8 Å². The number of hydrogen-bond acceptors (Lipinski definition) is 2. The predicted octanol–water partition coefficient (Wildman–Crippen LogP) is 3.08. The van der Waals surface area contributed by atoms with Crippen LogP contribution in [-0.4, -0.2) is 17.3 Å². The highest BCUT2D eigenvalue weighted by atomic mass is 16.3. The highest BCUT2D eigenvalue weighted by molar-refractivity contribution is 4.80. The summed E-state index contributed by atoms with van der Waals surface area (Å²) in [6, 6.07) is 0.206. The second kappa shape index (κ2) is 6.02. The van der Waals surface area contributed by atoms with Gasteiger partial charge >= 0.3 is 0 Å². The first-order valence-electron chi connectivity index (χ1n) is 6.82. The number of hydrogen-bond donors (Lipinski definition) is 2. The van der Waals surface area contributed by atoms with E-state index in [1.54, 1.807) is 0 Å². The summed E-state index contributed by atoms with van der Waals surface area (Å²) in [4.78, 5) is 0. The number of aliphatic hydroxyl groups excluding tert-OH is 1. The first kappa shape index (κ1) is 14.0. The predicted molar refractivity (Wildman–Crippen MR) is 69.2 cm³/mol. The second-order valence-corrected chi connectivity index (χ2v) is 6.72. The lowest BCUT2D eigenvalue weighted by Crippen LogP contribution is -2.36. The van der Waals surface area contributed by atoms with Crippen LogP contribution in [0, 0.1) is 11.3 Å². The van der Waals surface area contributed by atoms with Crippen molar-refractivity contribution in [2.45, 2.75) is 77.9 Å². The molecule has 0 bridgehead atoms. The van der Waals surface area contributed by atoms with Crippen LogP contribution < -0.4 is 5.73 Å². The van der Waals surface area contributed by atoms with Crippen LogP contribution in [0.15, 0.2) is 0 Å². The third kappa shape index (κ3) is 5.31. The van der Waals surface area contributed by atoms with Gasteiger partial charge in [0.15, 0.2) is 0 Å². The fraction of sp³-hybridized carbons (Fsp3) is 1.00. The molecule has 3 N–H and O–H groups in total. The molecule has 1 aliphatic rings. The zero-order valence-electron chi connectivity index (χ0n) is 11.2. The molecule has 0 aromatic carbocycles. The van der Waals surface area contributed by atoms with Gasteiger partial charge in [-0.2, -0.15) is 0 Å². The molecule has 16 heavy (non-hydrogen) atoms.